The number of benzene rings is 1. The van der Waals surface area contributed by atoms with Crippen LogP contribution in [-0.4, -0.2) is 43.2 Å². The van der Waals surface area contributed by atoms with Gasteiger partial charge in [-0.25, -0.2) is 0 Å². The number of nitriles is 1. The van der Waals surface area contributed by atoms with E-state index in [0.29, 0.717) is 6.07 Å². The van der Waals surface area contributed by atoms with Gasteiger partial charge in [-0.15, -0.1) is 0 Å². The van der Waals surface area contributed by atoms with Crippen molar-refractivity contribution in [3.05, 3.63) is 29.3 Å². The lowest BCUT2D eigenvalue weighted by molar-refractivity contribution is -0.212. The smallest absolute Gasteiger partial charge is 0.382 e. The van der Waals surface area contributed by atoms with Crippen LogP contribution in [0.4, 0.5) is 32.0 Å². The normalized spacial score (nSPS) is 27.3. The number of anilines is 1. The van der Waals surface area contributed by atoms with Crippen LogP contribution in [0.15, 0.2) is 18.2 Å². The molecule has 2 heterocycles. The maximum absolute atomic E-state index is 13.2. The fourth-order valence-corrected chi connectivity index (χ4v) is 3.70. The number of hydrogen-bond acceptors (Lipinski definition) is 4. The van der Waals surface area contributed by atoms with Crippen molar-refractivity contribution in [2.45, 2.75) is 24.5 Å². The number of halogens is 6. The van der Waals surface area contributed by atoms with Crippen LogP contribution in [0, 0.1) is 23.2 Å². The summed E-state index contributed by atoms with van der Waals surface area (Å²) < 4.78 is 83.9. The molecule has 2 fully saturated rings. The molecule has 0 saturated carbocycles. The van der Waals surface area contributed by atoms with Crippen LogP contribution >= 0.6 is 0 Å². The Morgan fingerprint density at radius 3 is 2.46 bits per heavy atom. The van der Waals surface area contributed by atoms with Crippen molar-refractivity contribution in [2.24, 2.45) is 11.8 Å². The second kappa shape index (κ2) is 6.32. The van der Waals surface area contributed by atoms with Gasteiger partial charge in [0.25, 0.3) is 0 Å². The molecule has 0 aliphatic carbocycles. The number of nitrogens with zero attached hydrogens (tertiary/aromatic N) is 2. The first-order chi connectivity index (χ1) is 12.0. The second-order valence-electron chi connectivity index (χ2n) is 6.43. The van der Waals surface area contributed by atoms with Crippen LogP contribution < -0.4 is 4.90 Å². The molecule has 1 N–H and O–H groups in total. The molecule has 1 aromatic carbocycles. The Balaban J connectivity index is 2.03. The van der Waals surface area contributed by atoms with E-state index < -0.39 is 41.5 Å². The van der Waals surface area contributed by atoms with E-state index in [9.17, 15) is 31.4 Å². The van der Waals surface area contributed by atoms with E-state index in [1.807, 2.05) is 0 Å². The van der Waals surface area contributed by atoms with Gasteiger partial charge in [0.2, 0.25) is 0 Å². The molecule has 0 aromatic heterocycles. The number of ether oxygens (including phenoxy) is 1. The predicted octanol–water partition coefficient (Wildman–Crippen LogP) is 2.95. The molecule has 2 aliphatic rings. The van der Waals surface area contributed by atoms with Crippen LogP contribution in [0.25, 0.3) is 0 Å². The lowest BCUT2D eigenvalue weighted by Gasteiger charge is -2.34. The van der Waals surface area contributed by atoms with Gasteiger partial charge in [-0.05, 0) is 18.2 Å². The minimum absolute atomic E-state index is 0.00137. The first kappa shape index (κ1) is 18.8. The fraction of sp³-hybridized carbons (Fsp3) is 0.562. The molecule has 0 unspecified atom stereocenters. The van der Waals surface area contributed by atoms with Gasteiger partial charge in [-0.2, -0.15) is 31.6 Å². The quantitative estimate of drug-likeness (QED) is 0.802. The summed E-state index contributed by atoms with van der Waals surface area (Å²) in [4.78, 5) is 1.15. The Kier molecular flexibility index (Phi) is 4.56. The van der Waals surface area contributed by atoms with E-state index in [-0.39, 0.29) is 31.4 Å². The molecule has 3 rings (SSSR count). The van der Waals surface area contributed by atoms with Crippen LogP contribution in [0.1, 0.15) is 11.1 Å². The Morgan fingerprint density at radius 1 is 1.19 bits per heavy atom. The molecule has 2 aliphatic heterocycles. The topological polar surface area (TPSA) is 56.5 Å². The molecule has 1 aromatic rings. The largest absolute Gasteiger partial charge is 0.417 e. The van der Waals surface area contributed by atoms with E-state index >= 15 is 0 Å². The van der Waals surface area contributed by atoms with Crippen molar-refractivity contribution < 1.29 is 36.2 Å². The average molecular weight is 380 g/mol. The van der Waals surface area contributed by atoms with E-state index in [1.165, 1.54) is 12.1 Å². The van der Waals surface area contributed by atoms with Gasteiger partial charge in [-0.1, -0.05) is 0 Å². The SMILES string of the molecule is N#Cc1ccc(N2C[C@@H]3COC[C@@H]3[C@@H]2[C@@H](O)C(F)(F)F)cc1C(F)(F)F. The minimum Gasteiger partial charge on any atom is -0.382 e. The van der Waals surface area contributed by atoms with Crippen LogP contribution in [-0.2, 0) is 10.9 Å². The third kappa shape index (κ3) is 3.21. The number of alkyl halides is 6. The summed E-state index contributed by atoms with van der Waals surface area (Å²) in [6, 6.07) is 2.75. The Bertz CT molecular complexity index is 727. The fourth-order valence-electron chi connectivity index (χ4n) is 3.70. The zero-order valence-corrected chi connectivity index (χ0v) is 13.2. The molecular formula is C16H14F6N2O2. The highest BCUT2D eigenvalue weighted by Crippen LogP contribution is 2.44. The standard InChI is InChI=1S/C16H14F6N2O2/c17-15(18,19)12-3-10(2-1-8(12)4-23)24-5-9-6-26-7-11(9)13(24)14(25)16(20,21)22/h1-3,9,11,13-14,25H,5-7H2/t9-,11+,13-,14-/m1/s1. The van der Waals surface area contributed by atoms with Crippen molar-refractivity contribution in [3.8, 4) is 6.07 Å². The van der Waals surface area contributed by atoms with Crippen molar-refractivity contribution in [3.63, 3.8) is 0 Å². The van der Waals surface area contributed by atoms with E-state index in [0.717, 1.165) is 11.0 Å². The zero-order valence-electron chi connectivity index (χ0n) is 13.2. The molecule has 0 radical (unpaired) electrons. The molecule has 4 nitrogen and oxygen atoms in total. The lowest BCUT2D eigenvalue weighted by atomic mass is 9.90. The lowest BCUT2D eigenvalue weighted by Crippen LogP contribution is -2.50. The third-order valence-corrected chi connectivity index (χ3v) is 4.90. The van der Waals surface area contributed by atoms with Gasteiger partial charge >= 0.3 is 12.4 Å². The van der Waals surface area contributed by atoms with Crippen LogP contribution in [0.5, 0.6) is 0 Å². The summed E-state index contributed by atoms with van der Waals surface area (Å²) in [5, 5.41) is 18.6. The zero-order chi connectivity index (χ0) is 19.3. The molecule has 26 heavy (non-hydrogen) atoms. The Labute approximate surface area is 144 Å². The number of aliphatic hydroxyl groups excluding tert-OH is 1. The maximum Gasteiger partial charge on any atom is 0.417 e. The molecule has 0 amide bonds. The van der Waals surface area contributed by atoms with Gasteiger partial charge in [0.15, 0.2) is 6.10 Å². The molecule has 0 spiro atoms. The van der Waals surface area contributed by atoms with Gasteiger partial charge in [0.05, 0.1) is 36.5 Å². The maximum atomic E-state index is 13.2. The average Bonchev–Trinajstić information content (AvgIpc) is 3.12. The second-order valence-corrected chi connectivity index (χ2v) is 6.43. The highest BCUT2D eigenvalue weighted by molar-refractivity contribution is 5.56. The van der Waals surface area contributed by atoms with Crippen molar-refractivity contribution in [1.82, 2.24) is 0 Å². The van der Waals surface area contributed by atoms with E-state index in [2.05, 4.69) is 0 Å². The number of fused-ring (bicyclic) bond motifs is 1. The van der Waals surface area contributed by atoms with Crippen molar-refractivity contribution in [1.29, 1.82) is 5.26 Å². The van der Waals surface area contributed by atoms with Gasteiger partial charge in [0, 0.05) is 24.1 Å². The molecule has 2 saturated heterocycles. The van der Waals surface area contributed by atoms with Gasteiger partial charge in [0.1, 0.15) is 0 Å². The summed E-state index contributed by atoms with van der Waals surface area (Å²) in [5.74, 6) is -0.960. The molecular weight excluding hydrogens is 366 g/mol. The molecule has 4 atom stereocenters. The summed E-state index contributed by atoms with van der Waals surface area (Å²) in [6.45, 7) is 0.220. The van der Waals surface area contributed by atoms with Crippen LogP contribution in [0.2, 0.25) is 0 Å². The highest BCUT2D eigenvalue weighted by atomic mass is 19.4. The number of rotatable bonds is 2. The Hall–Kier alpha value is -1.99. The van der Waals surface area contributed by atoms with Gasteiger partial charge in [-0.3, -0.25) is 0 Å². The summed E-state index contributed by atoms with van der Waals surface area (Å²) in [6.07, 6.45) is -12.5. The molecule has 0 bridgehead atoms. The summed E-state index contributed by atoms with van der Waals surface area (Å²) >= 11 is 0. The van der Waals surface area contributed by atoms with E-state index in [4.69, 9.17) is 10.00 Å². The van der Waals surface area contributed by atoms with Crippen LogP contribution in [0.3, 0.4) is 0 Å². The van der Waals surface area contributed by atoms with Gasteiger partial charge < -0.3 is 14.7 Å². The third-order valence-electron chi connectivity index (χ3n) is 4.90. The Morgan fingerprint density at radius 2 is 1.88 bits per heavy atom. The summed E-state index contributed by atoms with van der Waals surface area (Å²) in [7, 11) is 0. The molecule has 142 valence electrons. The van der Waals surface area contributed by atoms with E-state index in [1.54, 1.807) is 0 Å². The van der Waals surface area contributed by atoms with Crippen molar-refractivity contribution >= 4 is 5.69 Å². The van der Waals surface area contributed by atoms with Crippen molar-refractivity contribution in [2.75, 3.05) is 24.7 Å². The monoisotopic (exact) mass is 380 g/mol. The first-order valence-corrected chi connectivity index (χ1v) is 7.74. The number of hydrogen-bond donors (Lipinski definition) is 1. The first-order valence-electron chi connectivity index (χ1n) is 7.74. The number of aliphatic hydroxyl groups is 1. The predicted molar refractivity (Wildman–Crippen MR) is 77.2 cm³/mol. The minimum atomic E-state index is -4.92. The molecule has 10 heteroatoms. The highest BCUT2D eigenvalue weighted by Gasteiger charge is 2.55. The summed E-state index contributed by atoms with van der Waals surface area (Å²) in [5.41, 5.74) is -1.94.